The molecule has 0 radical (unpaired) electrons. The second-order valence-electron chi connectivity index (χ2n) is 5.96. The van der Waals surface area contributed by atoms with Crippen molar-refractivity contribution in [3.05, 3.63) is 21.9 Å². The summed E-state index contributed by atoms with van der Waals surface area (Å²) < 4.78 is 4.75. The van der Waals surface area contributed by atoms with Crippen molar-refractivity contribution >= 4 is 29.2 Å². The van der Waals surface area contributed by atoms with Gasteiger partial charge in [0.25, 0.3) is 5.91 Å². The number of aryl methyl sites for hydroxylation is 2. The number of thiophene rings is 1. The van der Waals surface area contributed by atoms with Gasteiger partial charge in [-0.2, -0.15) is 0 Å². The van der Waals surface area contributed by atoms with Crippen molar-refractivity contribution in [3.8, 4) is 0 Å². The molecule has 2 fully saturated rings. The highest BCUT2D eigenvalue weighted by Crippen LogP contribution is 2.22. The predicted molar refractivity (Wildman–Crippen MR) is 85.2 cm³/mol. The molecule has 3 heterocycles. The second kappa shape index (κ2) is 6.70. The standard InChI is InChI=1S/C16H20N2O4S/c1-11-6-9-23-13(11)2-3-14(19)17-7-4-12(5-8-17)18-15(20)10-22-16(18)21/h6,9,12H,2-5,7-8,10H2,1H3. The minimum Gasteiger partial charge on any atom is -0.439 e. The van der Waals surface area contributed by atoms with Gasteiger partial charge in [-0.05, 0) is 43.2 Å². The number of carbonyl (C=O) groups excluding carboxylic acids is 3. The highest BCUT2D eigenvalue weighted by Gasteiger charge is 2.38. The molecule has 0 unspecified atom stereocenters. The Morgan fingerprint density at radius 3 is 2.65 bits per heavy atom. The summed E-state index contributed by atoms with van der Waals surface area (Å²) in [6.07, 6.45) is 2.00. The summed E-state index contributed by atoms with van der Waals surface area (Å²) in [7, 11) is 0. The van der Waals surface area contributed by atoms with Gasteiger partial charge in [0, 0.05) is 30.4 Å². The van der Waals surface area contributed by atoms with Crippen LogP contribution in [0.5, 0.6) is 0 Å². The zero-order valence-electron chi connectivity index (χ0n) is 13.1. The number of rotatable bonds is 4. The summed E-state index contributed by atoms with van der Waals surface area (Å²) in [5.74, 6) is -0.125. The first-order chi connectivity index (χ1) is 11.1. The lowest BCUT2D eigenvalue weighted by molar-refractivity contribution is -0.133. The second-order valence-corrected chi connectivity index (χ2v) is 6.96. The summed E-state index contributed by atoms with van der Waals surface area (Å²) in [4.78, 5) is 39.9. The first-order valence-corrected chi connectivity index (χ1v) is 8.74. The van der Waals surface area contributed by atoms with E-state index >= 15 is 0 Å². The molecule has 0 aromatic carbocycles. The van der Waals surface area contributed by atoms with Gasteiger partial charge in [0.05, 0.1) is 0 Å². The maximum absolute atomic E-state index is 12.3. The highest BCUT2D eigenvalue weighted by atomic mass is 32.1. The number of ether oxygens (including phenoxy) is 1. The molecule has 3 rings (SSSR count). The van der Waals surface area contributed by atoms with Crippen molar-refractivity contribution in [2.75, 3.05) is 19.7 Å². The van der Waals surface area contributed by atoms with Crippen molar-refractivity contribution in [1.29, 1.82) is 0 Å². The van der Waals surface area contributed by atoms with E-state index < -0.39 is 6.09 Å². The van der Waals surface area contributed by atoms with Crippen LogP contribution in [0.3, 0.4) is 0 Å². The van der Waals surface area contributed by atoms with Gasteiger partial charge in [-0.15, -0.1) is 11.3 Å². The van der Waals surface area contributed by atoms with E-state index in [0.717, 1.165) is 6.42 Å². The molecule has 0 atom stereocenters. The Morgan fingerprint density at radius 1 is 1.35 bits per heavy atom. The van der Waals surface area contributed by atoms with Crippen molar-refractivity contribution in [2.45, 2.75) is 38.6 Å². The molecule has 0 aliphatic carbocycles. The molecule has 3 amide bonds. The lowest BCUT2D eigenvalue weighted by atomic mass is 10.0. The number of piperidine rings is 1. The number of likely N-dealkylation sites (tertiary alicyclic amines) is 1. The Balaban J connectivity index is 1.48. The molecule has 0 spiro atoms. The van der Waals surface area contributed by atoms with E-state index in [0.29, 0.717) is 32.4 Å². The third kappa shape index (κ3) is 3.39. The fourth-order valence-corrected chi connectivity index (χ4v) is 4.04. The van der Waals surface area contributed by atoms with Crippen LogP contribution in [-0.4, -0.2) is 53.4 Å². The van der Waals surface area contributed by atoms with Crippen LogP contribution < -0.4 is 0 Å². The van der Waals surface area contributed by atoms with Crippen LogP contribution >= 0.6 is 11.3 Å². The Labute approximate surface area is 139 Å². The lowest BCUT2D eigenvalue weighted by Gasteiger charge is -2.34. The molecule has 7 heteroatoms. The molecule has 2 aliphatic heterocycles. The van der Waals surface area contributed by atoms with Crippen LogP contribution in [0.25, 0.3) is 0 Å². The molecule has 1 aromatic heterocycles. The van der Waals surface area contributed by atoms with Gasteiger partial charge in [0.1, 0.15) is 0 Å². The molecule has 1 aromatic rings. The summed E-state index contributed by atoms with van der Waals surface area (Å²) in [5, 5.41) is 2.05. The van der Waals surface area contributed by atoms with E-state index in [1.807, 2.05) is 10.3 Å². The van der Waals surface area contributed by atoms with E-state index in [9.17, 15) is 14.4 Å². The molecule has 0 saturated carbocycles. The number of carbonyl (C=O) groups is 3. The summed E-state index contributed by atoms with van der Waals surface area (Å²) in [6, 6.07) is 1.93. The average Bonchev–Trinajstić information content (AvgIpc) is 3.11. The fourth-order valence-electron chi connectivity index (χ4n) is 3.13. The minimum absolute atomic E-state index is 0.138. The third-order valence-electron chi connectivity index (χ3n) is 4.50. The van der Waals surface area contributed by atoms with Crippen molar-refractivity contribution < 1.29 is 19.1 Å². The zero-order chi connectivity index (χ0) is 16.4. The Morgan fingerprint density at radius 2 is 2.09 bits per heavy atom. The van der Waals surface area contributed by atoms with E-state index in [2.05, 4.69) is 13.0 Å². The third-order valence-corrected chi connectivity index (χ3v) is 5.58. The van der Waals surface area contributed by atoms with Gasteiger partial charge in [-0.25, -0.2) is 9.69 Å². The Kier molecular flexibility index (Phi) is 4.66. The minimum atomic E-state index is -0.548. The number of cyclic esters (lactones) is 1. The van der Waals surface area contributed by atoms with Crippen LogP contribution in [0.4, 0.5) is 4.79 Å². The quantitative estimate of drug-likeness (QED) is 0.843. The number of hydrogen-bond acceptors (Lipinski definition) is 5. The van der Waals surface area contributed by atoms with Gasteiger partial charge >= 0.3 is 6.09 Å². The first kappa shape index (κ1) is 16.0. The molecule has 2 saturated heterocycles. The van der Waals surface area contributed by atoms with Crippen LogP contribution in [0.2, 0.25) is 0 Å². The summed E-state index contributed by atoms with van der Waals surface area (Å²) >= 11 is 1.69. The Hall–Kier alpha value is -1.89. The molecule has 6 nitrogen and oxygen atoms in total. The van der Waals surface area contributed by atoms with Crippen LogP contribution in [-0.2, 0) is 20.7 Å². The fraction of sp³-hybridized carbons (Fsp3) is 0.562. The maximum atomic E-state index is 12.3. The van der Waals surface area contributed by atoms with Crippen LogP contribution in [0.1, 0.15) is 29.7 Å². The van der Waals surface area contributed by atoms with E-state index in [-0.39, 0.29) is 24.5 Å². The van der Waals surface area contributed by atoms with Crippen molar-refractivity contribution in [1.82, 2.24) is 9.80 Å². The lowest BCUT2D eigenvalue weighted by Crippen LogP contribution is -2.48. The van der Waals surface area contributed by atoms with Gasteiger partial charge in [-0.1, -0.05) is 0 Å². The van der Waals surface area contributed by atoms with Crippen molar-refractivity contribution in [2.24, 2.45) is 0 Å². The van der Waals surface area contributed by atoms with E-state index in [1.54, 1.807) is 11.3 Å². The van der Waals surface area contributed by atoms with E-state index in [1.165, 1.54) is 15.3 Å². The first-order valence-electron chi connectivity index (χ1n) is 7.86. The zero-order valence-corrected chi connectivity index (χ0v) is 13.9. The van der Waals surface area contributed by atoms with Gasteiger partial charge in [0.2, 0.25) is 5.91 Å². The summed E-state index contributed by atoms with van der Waals surface area (Å²) in [5.41, 5.74) is 1.24. The monoisotopic (exact) mass is 336 g/mol. The van der Waals surface area contributed by atoms with Crippen LogP contribution in [0.15, 0.2) is 11.4 Å². The van der Waals surface area contributed by atoms with Crippen molar-refractivity contribution in [3.63, 3.8) is 0 Å². The number of imide groups is 1. The maximum Gasteiger partial charge on any atom is 0.417 e. The van der Waals surface area contributed by atoms with Gasteiger partial charge < -0.3 is 9.64 Å². The summed E-state index contributed by atoms with van der Waals surface area (Å²) in [6.45, 7) is 3.08. The van der Waals surface area contributed by atoms with E-state index in [4.69, 9.17) is 4.74 Å². The molecular formula is C16H20N2O4S. The smallest absolute Gasteiger partial charge is 0.417 e. The number of hydrogen-bond donors (Lipinski definition) is 0. The Bertz CT molecular complexity index is 603. The normalized spacial score (nSPS) is 19.3. The molecular weight excluding hydrogens is 316 g/mol. The average molecular weight is 336 g/mol. The predicted octanol–water partition coefficient (Wildman–Crippen LogP) is 1.96. The highest BCUT2D eigenvalue weighted by molar-refractivity contribution is 7.10. The molecule has 2 aliphatic rings. The van der Waals surface area contributed by atoms with Gasteiger partial charge in [0.15, 0.2) is 6.61 Å². The molecule has 0 bridgehead atoms. The molecule has 23 heavy (non-hydrogen) atoms. The largest absolute Gasteiger partial charge is 0.439 e. The van der Waals surface area contributed by atoms with Crippen LogP contribution in [0, 0.1) is 6.92 Å². The van der Waals surface area contributed by atoms with Gasteiger partial charge in [-0.3, -0.25) is 9.59 Å². The SMILES string of the molecule is Cc1ccsc1CCC(=O)N1CCC(N2C(=O)COC2=O)CC1. The molecule has 124 valence electrons. The number of amides is 3. The molecule has 0 N–H and O–H groups in total. The number of nitrogens with zero attached hydrogens (tertiary/aromatic N) is 2. The topological polar surface area (TPSA) is 66.9 Å².